The molecule has 0 radical (unpaired) electrons. The van der Waals surface area contributed by atoms with Crippen molar-refractivity contribution in [1.29, 1.82) is 0 Å². The Hall–Kier alpha value is -1.39. The quantitative estimate of drug-likeness (QED) is 0.861. The van der Waals surface area contributed by atoms with Crippen LogP contribution in [0.1, 0.15) is 6.04 Å². The Morgan fingerprint density at radius 3 is 2.62 bits per heavy atom. The maximum atomic E-state index is 5.84. The van der Waals surface area contributed by atoms with Crippen LogP contribution in [0.25, 0.3) is 11.3 Å². The summed E-state index contributed by atoms with van der Waals surface area (Å²) in [6.07, 6.45) is 1.98. The first-order valence-electron chi connectivity index (χ1n) is 5.21. The molecule has 16 heavy (non-hydrogen) atoms. The molecule has 0 amide bonds. The van der Waals surface area contributed by atoms with E-state index in [2.05, 4.69) is 15.6 Å². The minimum atomic E-state index is 0.452. The fourth-order valence-electron chi connectivity index (χ4n) is 1.67. The molecule has 1 aliphatic heterocycles. The summed E-state index contributed by atoms with van der Waals surface area (Å²) in [5.74, 6) is 0. The Morgan fingerprint density at radius 2 is 2.00 bits per heavy atom. The van der Waals surface area contributed by atoms with Crippen molar-refractivity contribution in [2.45, 2.75) is 6.04 Å². The van der Waals surface area contributed by atoms with Crippen LogP contribution in [0.15, 0.2) is 30.5 Å². The molecule has 0 unspecified atom stereocenters. The van der Waals surface area contributed by atoms with Crippen LogP contribution in [-0.2, 0) is 0 Å². The topological polar surface area (TPSA) is 42.7 Å². The highest BCUT2D eigenvalue weighted by Gasteiger charge is 2.20. The van der Waals surface area contributed by atoms with Gasteiger partial charge in [-0.15, -0.1) is 5.10 Å². The monoisotopic (exact) mass is 234 g/mol. The molecule has 1 aromatic carbocycles. The summed E-state index contributed by atoms with van der Waals surface area (Å²) in [6, 6.07) is 8.08. The minimum Gasteiger partial charge on any atom is -0.312 e. The molecule has 4 nitrogen and oxygen atoms in total. The highest BCUT2D eigenvalue weighted by molar-refractivity contribution is 6.30. The molecule has 1 aliphatic rings. The van der Waals surface area contributed by atoms with E-state index in [1.165, 1.54) is 0 Å². The molecule has 82 valence electrons. The van der Waals surface area contributed by atoms with Gasteiger partial charge >= 0.3 is 0 Å². The van der Waals surface area contributed by atoms with Gasteiger partial charge in [-0.05, 0) is 12.1 Å². The van der Waals surface area contributed by atoms with Gasteiger partial charge in [0.25, 0.3) is 0 Å². The van der Waals surface area contributed by atoms with E-state index in [9.17, 15) is 0 Å². The summed E-state index contributed by atoms with van der Waals surface area (Å²) in [7, 11) is 0. The van der Waals surface area contributed by atoms with Crippen molar-refractivity contribution >= 4 is 11.6 Å². The van der Waals surface area contributed by atoms with Gasteiger partial charge in [0.1, 0.15) is 5.69 Å². The van der Waals surface area contributed by atoms with Crippen LogP contribution < -0.4 is 5.32 Å². The number of benzene rings is 1. The fraction of sp³-hybridized carbons (Fsp3) is 0.273. The molecule has 1 aromatic heterocycles. The smallest absolute Gasteiger partial charge is 0.113 e. The van der Waals surface area contributed by atoms with E-state index in [1.54, 1.807) is 0 Å². The average molecular weight is 235 g/mol. The second kappa shape index (κ2) is 3.88. The normalized spacial score (nSPS) is 16.1. The number of halogens is 1. The van der Waals surface area contributed by atoms with Gasteiger partial charge in [-0.25, -0.2) is 4.68 Å². The second-order valence-corrected chi connectivity index (χ2v) is 4.34. The minimum absolute atomic E-state index is 0.452. The summed E-state index contributed by atoms with van der Waals surface area (Å²) >= 11 is 5.84. The van der Waals surface area contributed by atoms with Crippen molar-refractivity contribution in [3.05, 3.63) is 35.5 Å². The Kier molecular flexibility index (Phi) is 2.38. The summed E-state index contributed by atoms with van der Waals surface area (Å²) < 4.78 is 1.92. The maximum absolute atomic E-state index is 5.84. The lowest BCUT2D eigenvalue weighted by Gasteiger charge is -2.26. The van der Waals surface area contributed by atoms with Crippen molar-refractivity contribution in [3.63, 3.8) is 0 Å². The lowest BCUT2D eigenvalue weighted by atomic mass is 10.1. The third-order valence-electron chi connectivity index (χ3n) is 2.78. The van der Waals surface area contributed by atoms with Gasteiger partial charge in [0.2, 0.25) is 0 Å². The van der Waals surface area contributed by atoms with Crippen LogP contribution in [0.4, 0.5) is 0 Å². The first-order chi connectivity index (χ1) is 7.83. The van der Waals surface area contributed by atoms with Crippen molar-refractivity contribution in [2.24, 2.45) is 0 Å². The maximum Gasteiger partial charge on any atom is 0.113 e. The van der Waals surface area contributed by atoms with E-state index in [1.807, 2.05) is 35.1 Å². The molecule has 0 aliphatic carbocycles. The molecule has 0 atom stereocenters. The highest BCUT2D eigenvalue weighted by Crippen LogP contribution is 2.20. The standard InChI is InChI=1S/C11H11ClN4/c12-9-3-1-8(2-4-9)11-7-16(15-14-11)10-5-13-6-10/h1-4,7,10,13H,5-6H2. The zero-order valence-corrected chi connectivity index (χ0v) is 9.35. The van der Waals surface area contributed by atoms with Crippen LogP contribution in [0.3, 0.4) is 0 Å². The third kappa shape index (κ3) is 1.70. The second-order valence-electron chi connectivity index (χ2n) is 3.90. The first kappa shape index (κ1) is 9.81. The molecule has 2 heterocycles. The van der Waals surface area contributed by atoms with E-state index in [0.29, 0.717) is 6.04 Å². The van der Waals surface area contributed by atoms with Crippen LogP contribution in [-0.4, -0.2) is 28.1 Å². The zero-order valence-electron chi connectivity index (χ0n) is 8.60. The zero-order chi connectivity index (χ0) is 11.0. The number of nitrogens with one attached hydrogen (secondary N) is 1. The third-order valence-corrected chi connectivity index (χ3v) is 3.04. The van der Waals surface area contributed by atoms with Gasteiger partial charge in [0, 0.05) is 23.7 Å². The lowest BCUT2D eigenvalue weighted by molar-refractivity contribution is 0.313. The Labute approximate surface area is 98.2 Å². The molecule has 1 N–H and O–H groups in total. The van der Waals surface area contributed by atoms with E-state index in [0.717, 1.165) is 29.4 Å². The first-order valence-corrected chi connectivity index (χ1v) is 5.59. The predicted molar refractivity (Wildman–Crippen MR) is 62.4 cm³/mol. The van der Waals surface area contributed by atoms with Crippen molar-refractivity contribution in [3.8, 4) is 11.3 Å². The average Bonchev–Trinajstić information content (AvgIpc) is 2.65. The highest BCUT2D eigenvalue weighted by atomic mass is 35.5. The molecule has 0 saturated carbocycles. The summed E-state index contributed by atoms with van der Waals surface area (Å²) in [6.45, 7) is 1.95. The van der Waals surface area contributed by atoms with E-state index in [-0.39, 0.29) is 0 Å². The molecule has 1 saturated heterocycles. The number of rotatable bonds is 2. The van der Waals surface area contributed by atoms with E-state index < -0.39 is 0 Å². The molecular formula is C11H11ClN4. The van der Waals surface area contributed by atoms with Crippen LogP contribution in [0.5, 0.6) is 0 Å². The van der Waals surface area contributed by atoms with E-state index >= 15 is 0 Å². The molecule has 3 rings (SSSR count). The summed E-state index contributed by atoms with van der Waals surface area (Å²) in [5.41, 5.74) is 1.94. The van der Waals surface area contributed by atoms with Crippen LogP contribution in [0, 0.1) is 0 Å². The van der Waals surface area contributed by atoms with Gasteiger partial charge in [-0.2, -0.15) is 0 Å². The SMILES string of the molecule is Clc1ccc(-c2cn(C3CNC3)nn2)cc1. The summed E-state index contributed by atoms with van der Waals surface area (Å²) in [5, 5.41) is 12.2. The number of nitrogens with zero attached hydrogens (tertiary/aromatic N) is 3. The molecule has 1 fully saturated rings. The van der Waals surface area contributed by atoms with Crippen LogP contribution in [0.2, 0.25) is 5.02 Å². The van der Waals surface area contributed by atoms with Gasteiger partial charge in [0.15, 0.2) is 0 Å². The predicted octanol–water partition coefficient (Wildman–Crippen LogP) is 1.74. The number of hydrogen-bond acceptors (Lipinski definition) is 3. The fourth-order valence-corrected chi connectivity index (χ4v) is 1.79. The molecular weight excluding hydrogens is 224 g/mol. The largest absolute Gasteiger partial charge is 0.312 e. The van der Waals surface area contributed by atoms with Gasteiger partial charge in [-0.1, -0.05) is 28.9 Å². The lowest BCUT2D eigenvalue weighted by Crippen LogP contribution is -2.43. The van der Waals surface area contributed by atoms with Crippen LogP contribution >= 0.6 is 11.6 Å². The number of hydrogen-bond donors (Lipinski definition) is 1. The van der Waals surface area contributed by atoms with Crippen molar-refractivity contribution < 1.29 is 0 Å². The number of aromatic nitrogens is 3. The van der Waals surface area contributed by atoms with E-state index in [4.69, 9.17) is 11.6 Å². The van der Waals surface area contributed by atoms with Crippen molar-refractivity contribution in [1.82, 2.24) is 20.3 Å². The summed E-state index contributed by atoms with van der Waals surface area (Å²) in [4.78, 5) is 0. The molecule has 2 aromatic rings. The Balaban J connectivity index is 1.88. The van der Waals surface area contributed by atoms with Gasteiger partial charge in [-0.3, -0.25) is 0 Å². The molecule has 5 heteroatoms. The van der Waals surface area contributed by atoms with Gasteiger partial charge < -0.3 is 5.32 Å². The van der Waals surface area contributed by atoms with Gasteiger partial charge in [0.05, 0.1) is 12.2 Å². The Bertz CT molecular complexity index is 487. The molecule has 0 bridgehead atoms. The van der Waals surface area contributed by atoms with Crippen molar-refractivity contribution in [2.75, 3.05) is 13.1 Å². The molecule has 0 spiro atoms. The Morgan fingerprint density at radius 1 is 1.25 bits per heavy atom.